The minimum Gasteiger partial charge on any atom is -0.456 e. The molecule has 2 nitrogen and oxygen atoms in total. The maximum absolute atomic E-state index is 12.1. The summed E-state index contributed by atoms with van der Waals surface area (Å²) in [5.74, 6) is 0.694. The molecule has 0 aromatic heterocycles. The van der Waals surface area contributed by atoms with Gasteiger partial charge in [-0.1, -0.05) is 18.2 Å². The standard InChI is InChI=1S/C15H12O2/c1-9-7-10(2)15-12(14(9)16)8-11-5-3-4-6-13(11)17-15/h3-8H,1-2H3. The number of fused-ring (bicyclic) bond motifs is 2. The van der Waals surface area contributed by atoms with Crippen molar-refractivity contribution in [1.29, 1.82) is 0 Å². The van der Waals surface area contributed by atoms with Crippen molar-refractivity contribution in [3.05, 3.63) is 57.7 Å². The molecule has 0 saturated carbocycles. The van der Waals surface area contributed by atoms with Gasteiger partial charge in [0.2, 0.25) is 0 Å². The Morgan fingerprint density at radius 2 is 1.76 bits per heavy atom. The summed E-state index contributed by atoms with van der Waals surface area (Å²) in [6, 6.07) is 11.5. The second-order valence-corrected chi connectivity index (χ2v) is 4.37. The normalized spacial score (nSPS) is 11.2. The molecule has 1 aromatic rings. The third-order valence-electron chi connectivity index (χ3n) is 3.07. The van der Waals surface area contributed by atoms with E-state index in [1.54, 1.807) is 0 Å². The van der Waals surface area contributed by atoms with Crippen LogP contribution in [0, 0.1) is 13.8 Å². The predicted octanol–water partition coefficient (Wildman–Crippen LogP) is 3.51. The van der Waals surface area contributed by atoms with Crippen LogP contribution in [0.4, 0.5) is 0 Å². The van der Waals surface area contributed by atoms with Crippen LogP contribution in [0.3, 0.4) is 0 Å². The highest BCUT2D eigenvalue weighted by Gasteiger charge is 2.14. The fourth-order valence-corrected chi connectivity index (χ4v) is 2.21. The van der Waals surface area contributed by atoms with Crippen molar-refractivity contribution in [1.82, 2.24) is 0 Å². The summed E-state index contributed by atoms with van der Waals surface area (Å²) in [7, 11) is 0. The van der Waals surface area contributed by atoms with Crippen LogP contribution < -0.4 is 5.43 Å². The number of hydrogen-bond acceptors (Lipinski definition) is 2. The molecule has 1 aliphatic heterocycles. The summed E-state index contributed by atoms with van der Waals surface area (Å²) in [6.45, 7) is 3.80. The second kappa shape index (κ2) is 3.45. The second-order valence-electron chi connectivity index (χ2n) is 4.37. The summed E-state index contributed by atoms with van der Waals surface area (Å²) in [5, 5.41) is 0.960. The highest BCUT2D eigenvalue weighted by molar-refractivity contribution is 5.83. The predicted molar refractivity (Wildman–Crippen MR) is 68.6 cm³/mol. The Hall–Kier alpha value is -2.09. The van der Waals surface area contributed by atoms with E-state index >= 15 is 0 Å². The van der Waals surface area contributed by atoms with Crippen LogP contribution in [0.1, 0.15) is 11.1 Å². The molecule has 1 aliphatic carbocycles. The zero-order chi connectivity index (χ0) is 12.0. The first-order valence-electron chi connectivity index (χ1n) is 5.59. The van der Waals surface area contributed by atoms with Crippen LogP contribution in [0.5, 0.6) is 0 Å². The molecule has 0 atom stereocenters. The Labute approximate surface area is 98.8 Å². The van der Waals surface area contributed by atoms with Gasteiger partial charge in [-0.25, -0.2) is 0 Å². The van der Waals surface area contributed by atoms with Crippen LogP contribution in [-0.2, 0) is 0 Å². The summed E-state index contributed by atoms with van der Waals surface area (Å²) in [6.07, 6.45) is 0. The van der Waals surface area contributed by atoms with Crippen molar-refractivity contribution in [2.45, 2.75) is 13.8 Å². The summed E-state index contributed by atoms with van der Waals surface area (Å²) >= 11 is 0. The smallest absolute Gasteiger partial charge is 0.192 e. The molecule has 2 aliphatic rings. The van der Waals surface area contributed by atoms with Crippen molar-refractivity contribution in [3.63, 3.8) is 0 Å². The molecule has 0 spiro atoms. The SMILES string of the molecule is Cc1cc(C)c(=O)c2cc3ccccc3oc1-2. The molecule has 0 radical (unpaired) electrons. The van der Waals surface area contributed by atoms with E-state index < -0.39 is 0 Å². The van der Waals surface area contributed by atoms with E-state index in [0.29, 0.717) is 11.3 Å². The van der Waals surface area contributed by atoms with Crippen LogP contribution >= 0.6 is 0 Å². The molecule has 0 amide bonds. The molecule has 0 bridgehead atoms. The Morgan fingerprint density at radius 3 is 2.59 bits per heavy atom. The lowest BCUT2D eigenvalue weighted by Gasteiger charge is -2.10. The molecular formula is C15H12O2. The first-order chi connectivity index (χ1) is 8.16. The van der Waals surface area contributed by atoms with Crippen molar-refractivity contribution >= 4 is 11.0 Å². The third kappa shape index (κ3) is 1.45. The van der Waals surface area contributed by atoms with E-state index in [1.165, 1.54) is 0 Å². The molecule has 0 saturated heterocycles. The Bertz CT molecular complexity index is 738. The molecule has 0 N–H and O–H groups in total. The number of rotatable bonds is 0. The van der Waals surface area contributed by atoms with Gasteiger partial charge in [0.1, 0.15) is 11.3 Å². The van der Waals surface area contributed by atoms with E-state index in [2.05, 4.69) is 0 Å². The van der Waals surface area contributed by atoms with Gasteiger partial charge in [-0.3, -0.25) is 4.79 Å². The van der Waals surface area contributed by atoms with E-state index in [4.69, 9.17) is 4.42 Å². The van der Waals surface area contributed by atoms with E-state index in [1.807, 2.05) is 50.2 Å². The van der Waals surface area contributed by atoms with Gasteiger partial charge in [-0.2, -0.15) is 0 Å². The molecule has 0 unspecified atom stereocenters. The zero-order valence-electron chi connectivity index (χ0n) is 9.78. The lowest BCUT2D eigenvalue weighted by atomic mass is 10.0. The summed E-state index contributed by atoms with van der Waals surface area (Å²) < 4.78 is 5.81. The van der Waals surface area contributed by atoms with Gasteiger partial charge in [0.15, 0.2) is 5.43 Å². The third-order valence-corrected chi connectivity index (χ3v) is 3.07. The average Bonchev–Trinajstić information content (AvgIpc) is 2.34. The van der Waals surface area contributed by atoms with Gasteiger partial charge in [0, 0.05) is 5.39 Å². The minimum absolute atomic E-state index is 0.0557. The van der Waals surface area contributed by atoms with Gasteiger partial charge in [0.25, 0.3) is 0 Å². The molecule has 0 fully saturated rings. The highest BCUT2D eigenvalue weighted by Crippen LogP contribution is 2.28. The largest absolute Gasteiger partial charge is 0.456 e. The average molecular weight is 224 g/mol. The first-order valence-corrected chi connectivity index (χ1v) is 5.59. The van der Waals surface area contributed by atoms with Crippen LogP contribution in [0.25, 0.3) is 22.3 Å². The van der Waals surface area contributed by atoms with Crippen molar-refractivity contribution in [2.24, 2.45) is 0 Å². The maximum atomic E-state index is 12.1. The molecule has 84 valence electrons. The number of para-hydroxylation sites is 1. The number of hydrogen-bond donors (Lipinski definition) is 0. The molecule has 17 heavy (non-hydrogen) atoms. The molecule has 2 heteroatoms. The molecular weight excluding hydrogens is 212 g/mol. The molecule has 1 aromatic carbocycles. The minimum atomic E-state index is 0.0557. The monoisotopic (exact) mass is 224 g/mol. The van der Waals surface area contributed by atoms with Gasteiger partial charge in [0.05, 0.1) is 5.56 Å². The van der Waals surface area contributed by atoms with Crippen molar-refractivity contribution in [3.8, 4) is 11.3 Å². The Kier molecular flexibility index (Phi) is 2.05. The quantitative estimate of drug-likeness (QED) is 0.547. The van der Waals surface area contributed by atoms with Crippen molar-refractivity contribution < 1.29 is 4.42 Å². The lowest BCUT2D eigenvalue weighted by Crippen LogP contribution is -2.10. The van der Waals surface area contributed by atoms with Gasteiger partial charge >= 0.3 is 0 Å². The van der Waals surface area contributed by atoms with Crippen molar-refractivity contribution in [2.75, 3.05) is 0 Å². The maximum Gasteiger partial charge on any atom is 0.192 e. The first kappa shape index (κ1) is 10.1. The topological polar surface area (TPSA) is 30.2 Å². The molecule has 3 rings (SSSR count). The lowest BCUT2D eigenvalue weighted by molar-refractivity contribution is 0.614. The fraction of sp³-hybridized carbons (Fsp3) is 0.133. The molecule has 1 heterocycles. The van der Waals surface area contributed by atoms with E-state index in [9.17, 15) is 4.79 Å². The van der Waals surface area contributed by atoms with Crippen LogP contribution in [-0.4, -0.2) is 0 Å². The van der Waals surface area contributed by atoms with E-state index in [0.717, 1.165) is 22.1 Å². The van der Waals surface area contributed by atoms with Gasteiger partial charge < -0.3 is 4.42 Å². The number of benzene rings is 2. The Morgan fingerprint density at radius 1 is 1.00 bits per heavy atom. The van der Waals surface area contributed by atoms with Crippen LogP contribution in [0.2, 0.25) is 0 Å². The van der Waals surface area contributed by atoms with Gasteiger partial charge in [-0.05, 0) is 43.2 Å². The van der Waals surface area contributed by atoms with E-state index in [-0.39, 0.29) is 5.43 Å². The van der Waals surface area contributed by atoms with Crippen LogP contribution in [0.15, 0.2) is 45.6 Å². The summed E-state index contributed by atoms with van der Waals surface area (Å²) in [5.41, 5.74) is 3.30. The fourth-order valence-electron chi connectivity index (χ4n) is 2.21. The number of aryl methyl sites for hydroxylation is 2. The van der Waals surface area contributed by atoms with Gasteiger partial charge in [-0.15, -0.1) is 0 Å². The zero-order valence-corrected chi connectivity index (χ0v) is 9.78. The highest BCUT2D eigenvalue weighted by atomic mass is 16.3. The Balaban J connectivity index is 2.56. The summed E-state index contributed by atoms with van der Waals surface area (Å²) in [4.78, 5) is 12.1.